The average Bonchev–Trinajstić information content (AvgIpc) is 2.78. The Kier molecular flexibility index (Phi) is 7.41. The van der Waals surface area contributed by atoms with E-state index in [4.69, 9.17) is 24.8 Å². The van der Waals surface area contributed by atoms with Gasteiger partial charge in [0.2, 0.25) is 0 Å². The molecule has 0 radical (unpaired) electrons. The van der Waals surface area contributed by atoms with Gasteiger partial charge in [-0.3, -0.25) is 20.1 Å². The first kappa shape index (κ1) is 24.5. The van der Waals surface area contributed by atoms with E-state index in [1.54, 1.807) is 0 Å². The summed E-state index contributed by atoms with van der Waals surface area (Å²) in [6, 6.07) is -0.786. The number of hydrogen-bond acceptors (Lipinski definition) is 11. The molecule has 2 unspecified atom stereocenters. The normalized spacial score (nSPS) is 32.6. The summed E-state index contributed by atoms with van der Waals surface area (Å²) in [5, 5.41) is 29.6. The summed E-state index contributed by atoms with van der Waals surface area (Å²) >= 11 is 0. The predicted octanol–water partition coefficient (Wildman–Crippen LogP) is -1.83. The number of aliphatic hydroxyl groups excluding tert-OH is 2. The molecular weight excluding hydrogens is 467 g/mol. The Morgan fingerprint density at radius 2 is 1.72 bits per heavy atom. The maximum atomic E-state index is 11.9. The van der Waals surface area contributed by atoms with Gasteiger partial charge in [0.25, 0.3) is 0 Å². The minimum absolute atomic E-state index is 0.0261. The number of nitrogens with zero attached hydrogens (tertiary/aromatic N) is 1. The first-order valence-corrected chi connectivity index (χ1v) is 12.1. The molecule has 2 fully saturated rings. The van der Waals surface area contributed by atoms with E-state index >= 15 is 0 Å². The number of rotatable bonds is 8. The number of amides is 2. The van der Waals surface area contributed by atoms with Crippen LogP contribution in [0, 0.1) is 5.41 Å². The molecule has 20 heteroatoms. The van der Waals surface area contributed by atoms with Gasteiger partial charge in [-0.1, -0.05) is 0 Å². The van der Waals surface area contributed by atoms with Gasteiger partial charge in [-0.25, -0.2) is 18.5 Å². The number of carbonyl (C=O) groups is 1. The van der Waals surface area contributed by atoms with Crippen molar-refractivity contribution in [2.24, 2.45) is 0 Å². The summed E-state index contributed by atoms with van der Waals surface area (Å²) in [5.74, 6) is -0.0662. The molecule has 0 aromatic heterocycles. The Bertz CT molecular complexity index is 800. The molecule has 2 saturated heterocycles. The minimum atomic E-state index is -5.71. The summed E-state index contributed by atoms with van der Waals surface area (Å²) in [6.07, 6.45) is -6.17. The third-order valence-electron chi connectivity index (χ3n) is 3.58. The zero-order valence-electron chi connectivity index (χ0n) is 14.2. The second kappa shape index (κ2) is 8.77. The van der Waals surface area contributed by atoms with Gasteiger partial charge < -0.3 is 34.5 Å². The van der Waals surface area contributed by atoms with Crippen molar-refractivity contribution >= 4 is 35.3 Å². The topological polar surface area (TPSA) is 266 Å². The zero-order chi connectivity index (χ0) is 22.2. The van der Waals surface area contributed by atoms with E-state index in [0.717, 1.165) is 4.90 Å². The van der Waals surface area contributed by atoms with Crippen LogP contribution < -0.4 is 5.32 Å². The molecule has 168 valence electrons. The quantitative estimate of drug-likeness (QED) is 0.176. The van der Waals surface area contributed by atoms with Crippen molar-refractivity contribution in [1.29, 1.82) is 5.41 Å². The van der Waals surface area contributed by atoms with Crippen molar-refractivity contribution in [3.63, 3.8) is 0 Å². The molecule has 17 nitrogen and oxygen atoms in total. The second-order valence-electron chi connectivity index (χ2n) is 5.79. The van der Waals surface area contributed by atoms with E-state index in [0.29, 0.717) is 0 Å². The second-order valence-corrected chi connectivity index (χ2v) is 10.2. The molecule has 0 aliphatic carbocycles. The Balaban J connectivity index is 1.97. The van der Waals surface area contributed by atoms with Crippen LogP contribution in [0.15, 0.2) is 0 Å². The van der Waals surface area contributed by atoms with Gasteiger partial charge in [0.1, 0.15) is 24.1 Å². The number of ether oxygens (including phenoxy) is 1. The molecule has 2 aliphatic rings. The van der Waals surface area contributed by atoms with E-state index in [2.05, 4.69) is 18.5 Å². The lowest BCUT2D eigenvalue weighted by atomic mass is 10.1. The van der Waals surface area contributed by atoms with Gasteiger partial charge >= 0.3 is 29.5 Å². The Hall–Kier alpha value is -0.770. The molecule has 2 amide bonds. The lowest BCUT2D eigenvalue weighted by molar-refractivity contribution is -0.0785. The fraction of sp³-hybridized carbons (Fsp3) is 0.778. The van der Waals surface area contributed by atoms with Gasteiger partial charge in [-0.15, -0.1) is 0 Å². The molecule has 6 atom stereocenters. The van der Waals surface area contributed by atoms with Crippen LogP contribution in [0.25, 0.3) is 0 Å². The number of phosphoric acid groups is 3. The molecule has 0 aromatic carbocycles. The van der Waals surface area contributed by atoms with Crippen molar-refractivity contribution in [2.75, 3.05) is 13.2 Å². The summed E-state index contributed by atoms with van der Waals surface area (Å²) in [5.41, 5.74) is 0. The van der Waals surface area contributed by atoms with Crippen LogP contribution in [0.5, 0.6) is 0 Å². The summed E-state index contributed by atoms with van der Waals surface area (Å²) in [6.45, 7) is -1.02. The first-order valence-electron chi connectivity index (χ1n) is 7.55. The van der Waals surface area contributed by atoms with Gasteiger partial charge in [0.05, 0.1) is 6.61 Å². The number of amidine groups is 1. The van der Waals surface area contributed by atoms with Crippen LogP contribution >= 0.6 is 23.5 Å². The van der Waals surface area contributed by atoms with E-state index in [1.165, 1.54) is 0 Å². The monoisotopic (exact) mass is 485 g/mol. The van der Waals surface area contributed by atoms with Crippen LogP contribution in [-0.2, 0) is 31.6 Å². The number of nitrogens with one attached hydrogen (secondary N) is 2. The average molecular weight is 485 g/mol. The fourth-order valence-corrected chi connectivity index (χ4v) is 5.47. The van der Waals surface area contributed by atoms with Crippen molar-refractivity contribution in [3.8, 4) is 0 Å². The van der Waals surface area contributed by atoms with Crippen LogP contribution in [0.4, 0.5) is 4.79 Å². The number of carbonyl (C=O) groups excluding carboxylic acids is 1. The SMILES string of the molecule is N=C1CCN([C@@H]2O[C@H](COP(=O)(O)OP(=O)(O)OP(=O)(O)O)[C@@H](O)[C@H]2O)C(=O)N1. The Morgan fingerprint density at radius 3 is 2.28 bits per heavy atom. The highest BCUT2D eigenvalue weighted by atomic mass is 31.3. The van der Waals surface area contributed by atoms with Crippen LogP contribution in [0.2, 0.25) is 0 Å². The molecule has 0 spiro atoms. The molecular formula is C9H18N3O14P3. The van der Waals surface area contributed by atoms with Gasteiger partial charge in [0.15, 0.2) is 6.23 Å². The van der Waals surface area contributed by atoms with Crippen molar-refractivity contribution in [2.45, 2.75) is 31.0 Å². The highest BCUT2D eigenvalue weighted by Gasteiger charge is 2.49. The van der Waals surface area contributed by atoms with Gasteiger partial charge in [0, 0.05) is 13.0 Å². The van der Waals surface area contributed by atoms with Gasteiger partial charge in [-0.05, 0) is 0 Å². The van der Waals surface area contributed by atoms with Crippen LogP contribution in [0.3, 0.4) is 0 Å². The highest BCUT2D eigenvalue weighted by molar-refractivity contribution is 7.66. The number of hydrogen-bond donors (Lipinski definition) is 8. The lowest BCUT2D eigenvalue weighted by Crippen LogP contribution is -2.56. The smallest absolute Gasteiger partial charge is 0.387 e. The summed E-state index contributed by atoms with van der Waals surface area (Å²) in [4.78, 5) is 48.2. The van der Waals surface area contributed by atoms with Gasteiger partial charge in [-0.2, -0.15) is 8.62 Å². The number of phosphoric ester groups is 1. The first-order chi connectivity index (χ1) is 13.1. The van der Waals surface area contributed by atoms with Crippen LogP contribution in [0.1, 0.15) is 6.42 Å². The third kappa shape index (κ3) is 6.87. The molecule has 2 aliphatic heterocycles. The lowest BCUT2D eigenvalue weighted by Gasteiger charge is -2.33. The molecule has 29 heavy (non-hydrogen) atoms. The fourth-order valence-electron chi connectivity index (χ4n) is 2.44. The van der Waals surface area contributed by atoms with Crippen molar-refractivity contribution in [1.82, 2.24) is 10.2 Å². The maximum absolute atomic E-state index is 11.9. The van der Waals surface area contributed by atoms with Crippen molar-refractivity contribution in [3.05, 3.63) is 0 Å². The van der Waals surface area contributed by atoms with E-state index in [9.17, 15) is 33.6 Å². The zero-order valence-corrected chi connectivity index (χ0v) is 16.9. The minimum Gasteiger partial charge on any atom is -0.387 e. The summed E-state index contributed by atoms with van der Waals surface area (Å²) in [7, 11) is -16.7. The highest BCUT2D eigenvalue weighted by Crippen LogP contribution is 2.66. The van der Waals surface area contributed by atoms with E-state index in [-0.39, 0.29) is 18.8 Å². The molecule has 0 saturated carbocycles. The van der Waals surface area contributed by atoms with E-state index in [1.807, 2.05) is 0 Å². The molecule has 8 N–H and O–H groups in total. The summed E-state index contributed by atoms with van der Waals surface area (Å²) < 4.78 is 50.1. The van der Waals surface area contributed by atoms with E-state index < -0.39 is 60.6 Å². The third-order valence-corrected chi connectivity index (χ3v) is 7.39. The molecule has 0 aromatic rings. The molecule has 2 heterocycles. The molecule has 2 rings (SSSR count). The maximum Gasteiger partial charge on any atom is 0.490 e. The molecule has 0 bridgehead atoms. The Labute approximate surface area is 162 Å². The predicted molar refractivity (Wildman–Crippen MR) is 88.1 cm³/mol. The van der Waals surface area contributed by atoms with Crippen molar-refractivity contribution < 1.29 is 66.2 Å². The standard InChI is InChI=1S/C9H18N3O14P3/c10-5-1-2-12(9(15)11-5)8-7(14)6(13)4(24-8)3-23-28(19,20)26-29(21,22)25-27(16,17)18/h4,6-8,13-14H,1-3H2,(H,19,20)(H,21,22)(H2,10,11,15)(H2,16,17,18)/t4-,6-,7-,8-/m1/s1. The van der Waals surface area contributed by atoms with Crippen LogP contribution in [-0.4, -0.2) is 84.2 Å². The number of aliphatic hydroxyl groups is 2. The number of urea groups is 1. The Morgan fingerprint density at radius 1 is 1.10 bits per heavy atom. The largest absolute Gasteiger partial charge is 0.490 e.